The summed E-state index contributed by atoms with van der Waals surface area (Å²) in [7, 11) is 1.76. The fourth-order valence-corrected chi connectivity index (χ4v) is 1.66. The third-order valence-electron chi connectivity index (χ3n) is 3.10. The van der Waals surface area contributed by atoms with Crippen LogP contribution in [0.3, 0.4) is 0 Å². The lowest BCUT2D eigenvalue weighted by Gasteiger charge is -2.20. The number of hydrogen-bond donors (Lipinski definition) is 1. The van der Waals surface area contributed by atoms with Crippen LogP contribution >= 0.6 is 0 Å². The fraction of sp³-hybridized carbons (Fsp3) is 1.00. The quantitative estimate of drug-likeness (QED) is 0.654. The number of hydrogen-bond acceptors (Lipinski definition) is 2. The SMILES string of the molecule is COCCC(C)C1(CN)CC1. The van der Waals surface area contributed by atoms with Gasteiger partial charge in [-0.05, 0) is 37.1 Å². The van der Waals surface area contributed by atoms with Crippen molar-refractivity contribution in [2.24, 2.45) is 17.1 Å². The maximum Gasteiger partial charge on any atom is 0.0465 e. The van der Waals surface area contributed by atoms with E-state index in [2.05, 4.69) is 6.92 Å². The van der Waals surface area contributed by atoms with E-state index in [1.807, 2.05) is 0 Å². The Labute approximate surface area is 69.1 Å². The van der Waals surface area contributed by atoms with E-state index >= 15 is 0 Å². The predicted molar refractivity (Wildman–Crippen MR) is 46.4 cm³/mol. The Morgan fingerprint density at radius 1 is 1.55 bits per heavy atom. The van der Waals surface area contributed by atoms with Crippen molar-refractivity contribution >= 4 is 0 Å². The molecule has 0 amide bonds. The van der Waals surface area contributed by atoms with E-state index in [4.69, 9.17) is 10.5 Å². The molecule has 2 nitrogen and oxygen atoms in total. The molecule has 1 aliphatic carbocycles. The molecule has 0 heterocycles. The van der Waals surface area contributed by atoms with E-state index in [-0.39, 0.29) is 0 Å². The average Bonchev–Trinajstić information content (AvgIpc) is 2.80. The summed E-state index contributed by atoms with van der Waals surface area (Å²) in [5, 5.41) is 0. The molecule has 0 aliphatic heterocycles. The molecule has 1 aliphatic rings. The second kappa shape index (κ2) is 3.55. The minimum Gasteiger partial charge on any atom is -0.385 e. The molecule has 2 N–H and O–H groups in total. The van der Waals surface area contributed by atoms with Gasteiger partial charge in [-0.1, -0.05) is 6.92 Å². The summed E-state index contributed by atoms with van der Waals surface area (Å²) in [5.74, 6) is 0.743. The zero-order valence-electron chi connectivity index (χ0n) is 7.60. The van der Waals surface area contributed by atoms with Crippen molar-refractivity contribution in [3.05, 3.63) is 0 Å². The first-order valence-corrected chi connectivity index (χ1v) is 4.44. The normalized spacial score (nSPS) is 23.2. The van der Waals surface area contributed by atoms with Crippen LogP contribution in [-0.4, -0.2) is 20.3 Å². The summed E-state index contributed by atoms with van der Waals surface area (Å²) in [5.41, 5.74) is 6.20. The van der Waals surface area contributed by atoms with Gasteiger partial charge < -0.3 is 10.5 Å². The van der Waals surface area contributed by atoms with E-state index in [0.717, 1.165) is 25.5 Å². The van der Waals surface area contributed by atoms with Gasteiger partial charge in [0.15, 0.2) is 0 Å². The maximum absolute atomic E-state index is 5.70. The van der Waals surface area contributed by atoms with Crippen LogP contribution in [0.2, 0.25) is 0 Å². The molecule has 1 fully saturated rings. The Bertz CT molecular complexity index is 121. The van der Waals surface area contributed by atoms with Crippen molar-refractivity contribution in [1.29, 1.82) is 0 Å². The third kappa shape index (κ3) is 1.94. The van der Waals surface area contributed by atoms with Crippen LogP contribution in [0, 0.1) is 11.3 Å². The van der Waals surface area contributed by atoms with E-state index in [0.29, 0.717) is 5.41 Å². The predicted octanol–water partition coefficient (Wildman–Crippen LogP) is 1.40. The molecule has 2 heteroatoms. The van der Waals surface area contributed by atoms with Gasteiger partial charge in [0.05, 0.1) is 0 Å². The Balaban J connectivity index is 2.23. The third-order valence-corrected chi connectivity index (χ3v) is 3.10. The van der Waals surface area contributed by atoms with E-state index in [9.17, 15) is 0 Å². The molecular formula is C9H19NO. The smallest absolute Gasteiger partial charge is 0.0465 e. The number of rotatable bonds is 5. The van der Waals surface area contributed by atoms with Crippen molar-refractivity contribution in [2.75, 3.05) is 20.3 Å². The zero-order chi connectivity index (χ0) is 8.32. The van der Waals surface area contributed by atoms with Crippen LogP contribution in [0.5, 0.6) is 0 Å². The Morgan fingerprint density at radius 2 is 2.18 bits per heavy atom. The molecule has 0 aromatic carbocycles. The van der Waals surface area contributed by atoms with Gasteiger partial charge >= 0.3 is 0 Å². The van der Waals surface area contributed by atoms with Crippen molar-refractivity contribution in [3.8, 4) is 0 Å². The standard InChI is InChI=1S/C9H19NO/c1-8(3-6-11-2)9(7-10)4-5-9/h8H,3-7,10H2,1-2H3. The number of methoxy groups -OCH3 is 1. The molecule has 0 aromatic heterocycles. The van der Waals surface area contributed by atoms with Gasteiger partial charge in [0, 0.05) is 13.7 Å². The summed E-state index contributed by atoms with van der Waals surface area (Å²) in [4.78, 5) is 0. The summed E-state index contributed by atoms with van der Waals surface area (Å²) in [6, 6.07) is 0. The van der Waals surface area contributed by atoms with E-state index < -0.39 is 0 Å². The summed E-state index contributed by atoms with van der Waals surface area (Å²) in [6.07, 6.45) is 3.82. The highest BCUT2D eigenvalue weighted by Gasteiger charge is 2.45. The molecule has 0 aromatic rings. The highest BCUT2D eigenvalue weighted by Crippen LogP contribution is 2.51. The second-order valence-electron chi connectivity index (χ2n) is 3.75. The summed E-state index contributed by atoms with van der Waals surface area (Å²) in [6.45, 7) is 4.03. The topological polar surface area (TPSA) is 35.2 Å². The molecule has 11 heavy (non-hydrogen) atoms. The van der Waals surface area contributed by atoms with E-state index in [1.165, 1.54) is 12.8 Å². The van der Waals surface area contributed by atoms with Crippen LogP contribution < -0.4 is 5.73 Å². The van der Waals surface area contributed by atoms with Crippen molar-refractivity contribution in [2.45, 2.75) is 26.2 Å². The Kier molecular flexibility index (Phi) is 2.90. The van der Waals surface area contributed by atoms with Crippen molar-refractivity contribution in [1.82, 2.24) is 0 Å². The van der Waals surface area contributed by atoms with E-state index in [1.54, 1.807) is 7.11 Å². The van der Waals surface area contributed by atoms with Gasteiger partial charge in [-0.25, -0.2) is 0 Å². The van der Waals surface area contributed by atoms with Crippen LogP contribution in [0.15, 0.2) is 0 Å². The van der Waals surface area contributed by atoms with Crippen LogP contribution in [0.4, 0.5) is 0 Å². The molecule has 0 saturated heterocycles. The van der Waals surface area contributed by atoms with Gasteiger partial charge in [0.2, 0.25) is 0 Å². The van der Waals surface area contributed by atoms with Gasteiger partial charge in [-0.2, -0.15) is 0 Å². The van der Waals surface area contributed by atoms with Gasteiger partial charge in [-0.15, -0.1) is 0 Å². The molecule has 1 rings (SSSR count). The van der Waals surface area contributed by atoms with Gasteiger partial charge in [0.25, 0.3) is 0 Å². The zero-order valence-corrected chi connectivity index (χ0v) is 7.60. The highest BCUT2D eigenvalue weighted by molar-refractivity contribution is 4.97. The minimum atomic E-state index is 0.499. The average molecular weight is 157 g/mol. The molecule has 66 valence electrons. The lowest BCUT2D eigenvalue weighted by molar-refractivity contribution is 0.161. The Morgan fingerprint density at radius 3 is 2.55 bits per heavy atom. The molecule has 1 saturated carbocycles. The molecular weight excluding hydrogens is 138 g/mol. The second-order valence-corrected chi connectivity index (χ2v) is 3.75. The monoisotopic (exact) mass is 157 g/mol. The Hall–Kier alpha value is -0.0800. The fourth-order valence-electron chi connectivity index (χ4n) is 1.66. The lowest BCUT2D eigenvalue weighted by atomic mass is 9.88. The first kappa shape index (κ1) is 9.01. The molecule has 0 bridgehead atoms. The molecule has 0 radical (unpaired) electrons. The first-order valence-electron chi connectivity index (χ1n) is 4.44. The molecule has 0 spiro atoms. The van der Waals surface area contributed by atoms with Gasteiger partial charge in [0.1, 0.15) is 0 Å². The lowest BCUT2D eigenvalue weighted by Crippen LogP contribution is -2.23. The number of nitrogens with two attached hydrogens (primary N) is 1. The van der Waals surface area contributed by atoms with Crippen molar-refractivity contribution in [3.63, 3.8) is 0 Å². The largest absolute Gasteiger partial charge is 0.385 e. The summed E-state index contributed by atoms with van der Waals surface area (Å²) < 4.78 is 5.04. The number of ether oxygens (including phenoxy) is 1. The van der Waals surface area contributed by atoms with Crippen LogP contribution in [0.25, 0.3) is 0 Å². The first-order chi connectivity index (χ1) is 5.25. The molecule has 1 atom stereocenters. The molecule has 1 unspecified atom stereocenters. The van der Waals surface area contributed by atoms with Crippen molar-refractivity contribution < 1.29 is 4.74 Å². The summed E-state index contributed by atoms with van der Waals surface area (Å²) >= 11 is 0. The van der Waals surface area contributed by atoms with Crippen LogP contribution in [-0.2, 0) is 4.74 Å². The minimum absolute atomic E-state index is 0.499. The van der Waals surface area contributed by atoms with Crippen LogP contribution in [0.1, 0.15) is 26.2 Å². The highest BCUT2D eigenvalue weighted by atomic mass is 16.5. The maximum atomic E-state index is 5.70. The van der Waals surface area contributed by atoms with Gasteiger partial charge in [-0.3, -0.25) is 0 Å².